The van der Waals surface area contributed by atoms with Crippen LogP contribution in [-0.2, 0) is 4.79 Å². The first-order chi connectivity index (χ1) is 9.16. The molecule has 0 unspecified atom stereocenters. The SMILES string of the molecule is CCCC1(C(=O)Nc2ccc(C)cc2)CCNCC1. The van der Waals surface area contributed by atoms with E-state index in [1.54, 1.807) is 0 Å². The van der Waals surface area contributed by atoms with Gasteiger partial charge in [-0.2, -0.15) is 0 Å². The van der Waals surface area contributed by atoms with Crippen LogP contribution in [-0.4, -0.2) is 19.0 Å². The van der Waals surface area contributed by atoms with Crippen molar-refractivity contribution in [2.24, 2.45) is 5.41 Å². The van der Waals surface area contributed by atoms with E-state index in [0.29, 0.717) is 0 Å². The Hall–Kier alpha value is -1.35. The third-order valence-electron chi connectivity index (χ3n) is 4.08. The second-order valence-electron chi connectivity index (χ2n) is 5.60. The number of hydrogen-bond acceptors (Lipinski definition) is 2. The number of piperidine rings is 1. The third kappa shape index (κ3) is 3.35. The molecule has 0 atom stereocenters. The van der Waals surface area contributed by atoms with Crippen molar-refractivity contribution >= 4 is 11.6 Å². The summed E-state index contributed by atoms with van der Waals surface area (Å²) in [6.07, 6.45) is 3.92. The zero-order valence-electron chi connectivity index (χ0n) is 12.0. The predicted molar refractivity (Wildman–Crippen MR) is 79.3 cm³/mol. The lowest BCUT2D eigenvalue weighted by atomic mass is 9.74. The highest BCUT2D eigenvalue weighted by Gasteiger charge is 2.38. The van der Waals surface area contributed by atoms with Crippen molar-refractivity contribution in [2.75, 3.05) is 18.4 Å². The van der Waals surface area contributed by atoms with Crippen molar-refractivity contribution in [3.63, 3.8) is 0 Å². The quantitative estimate of drug-likeness (QED) is 0.873. The molecule has 2 rings (SSSR count). The van der Waals surface area contributed by atoms with Crippen molar-refractivity contribution in [1.82, 2.24) is 5.32 Å². The number of benzene rings is 1. The molecule has 0 aliphatic carbocycles. The first-order valence-corrected chi connectivity index (χ1v) is 7.25. The normalized spacial score (nSPS) is 18.0. The average Bonchev–Trinajstić information content (AvgIpc) is 2.43. The van der Waals surface area contributed by atoms with Gasteiger partial charge in [0.1, 0.15) is 0 Å². The lowest BCUT2D eigenvalue weighted by Crippen LogP contribution is -2.44. The van der Waals surface area contributed by atoms with E-state index in [-0.39, 0.29) is 11.3 Å². The Morgan fingerprint density at radius 3 is 2.47 bits per heavy atom. The maximum Gasteiger partial charge on any atom is 0.230 e. The third-order valence-corrected chi connectivity index (χ3v) is 4.08. The molecular formula is C16H24N2O. The molecule has 3 nitrogen and oxygen atoms in total. The summed E-state index contributed by atoms with van der Waals surface area (Å²) in [4.78, 5) is 12.6. The molecule has 1 amide bonds. The molecule has 1 heterocycles. The van der Waals surface area contributed by atoms with Crippen LogP contribution in [0.15, 0.2) is 24.3 Å². The Bertz CT molecular complexity index is 413. The molecule has 1 aromatic rings. The van der Waals surface area contributed by atoms with E-state index in [2.05, 4.69) is 24.5 Å². The lowest BCUT2D eigenvalue weighted by Gasteiger charge is -2.36. The minimum atomic E-state index is -0.176. The molecule has 0 spiro atoms. The number of carbonyl (C=O) groups excluding carboxylic acids is 1. The van der Waals surface area contributed by atoms with Crippen molar-refractivity contribution in [3.05, 3.63) is 29.8 Å². The molecule has 104 valence electrons. The highest BCUT2D eigenvalue weighted by molar-refractivity contribution is 5.95. The topological polar surface area (TPSA) is 41.1 Å². The van der Waals surface area contributed by atoms with Crippen LogP contribution in [0.2, 0.25) is 0 Å². The monoisotopic (exact) mass is 260 g/mol. The molecule has 0 aromatic heterocycles. The van der Waals surface area contributed by atoms with Gasteiger partial charge in [0.25, 0.3) is 0 Å². The largest absolute Gasteiger partial charge is 0.326 e. The number of hydrogen-bond donors (Lipinski definition) is 2. The highest BCUT2D eigenvalue weighted by Crippen LogP contribution is 2.35. The fourth-order valence-corrected chi connectivity index (χ4v) is 2.88. The Morgan fingerprint density at radius 2 is 1.89 bits per heavy atom. The number of amides is 1. The summed E-state index contributed by atoms with van der Waals surface area (Å²) >= 11 is 0. The van der Waals surface area contributed by atoms with E-state index in [1.807, 2.05) is 24.3 Å². The van der Waals surface area contributed by atoms with Crippen LogP contribution in [0.5, 0.6) is 0 Å². The van der Waals surface area contributed by atoms with Gasteiger partial charge in [-0.25, -0.2) is 0 Å². The summed E-state index contributed by atoms with van der Waals surface area (Å²) < 4.78 is 0. The number of rotatable bonds is 4. The molecule has 0 saturated carbocycles. The summed E-state index contributed by atoms with van der Waals surface area (Å²) in [6, 6.07) is 8.02. The fourth-order valence-electron chi connectivity index (χ4n) is 2.88. The summed E-state index contributed by atoms with van der Waals surface area (Å²) in [6.45, 7) is 6.10. The van der Waals surface area contributed by atoms with Gasteiger partial charge in [0.15, 0.2) is 0 Å². The standard InChI is InChI=1S/C16H24N2O/c1-3-8-16(9-11-17-12-10-16)15(19)18-14-6-4-13(2)5-7-14/h4-7,17H,3,8-12H2,1-2H3,(H,18,19). The van der Waals surface area contributed by atoms with Crippen LogP contribution in [0.1, 0.15) is 38.2 Å². The minimum absolute atomic E-state index is 0.176. The van der Waals surface area contributed by atoms with Crippen LogP contribution in [0.3, 0.4) is 0 Å². The number of anilines is 1. The van der Waals surface area contributed by atoms with E-state index < -0.39 is 0 Å². The van der Waals surface area contributed by atoms with Crippen LogP contribution in [0, 0.1) is 12.3 Å². The van der Waals surface area contributed by atoms with E-state index in [1.165, 1.54) is 5.56 Å². The molecule has 1 aromatic carbocycles. The molecule has 1 fully saturated rings. The Kier molecular flexibility index (Phi) is 4.59. The molecule has 0 radical (unpaired) electrons. The summed E-state index contributed by atoms with van der Waals surface area (Å²) in [7, 11) is 0. The van der Waals surface area contributed by atoms with Gasteiger partial charge in [0.2, 0.25) is 5.91 Å². The van der Waals surface area contributed by atoms with Gasteiger partial charge in [0, 0.05) is 5.69 Å². The highest BCUT2D eigenvalue weighted by atomic mass is 16.2. The van der Waals surface area contributed by atoms with Gasteiger partial charge >= 0.3 is 0 Å². The maximum absolute atomic E-state index is 12.6. The van der Waals surface area contributed by atoms with Gasteiger partial charge in [-0.15, -0.1) is 0 Å². The van der Waals surface area contributed by atoms with Crippen molar-refractivity contribution < 1.29 is 4.79 Å². The second-order valence-corrected chi connectivity index (χ2v) is 5.60. The summed E-state index contributed by atoms with van der Waals surface area (Å²) in [5, 5.41) is 6.44. The zero-order chi connectivity index (χ0) is 13.7. The Balaban J connectivity index is 2.09. The van der Waals surface area contributed by atoms with E-state index >= 15 is 0 Å². The van der Waals surface area contributed by atoms with Crippen LogP contribution in [0.4, 0.5) is 5.69 Å². The van der Waals surface area contributed by atoms with E-state index in [9.17, 15) is 4.79 Å². The van der Waals surface area contributed by atoms with Gasteiger partial charge in [-0.3, -0.25) is 4.79 Å². The van der Waals surface area contributed by atoms with Crippen LogP contribution in [0.25, 0.3) is 0 Å². The molecule has 0 bridgehead atoms. The molecular weight excluding hydrogens is 236 g/mol. The number of carbonyl (C=O) groups is 1. The van der Waals surface area contributed by atoms with Gasteiger partial charge < -0.3 is 10.6 Å². The van der Waals surface area contributed by atoms with Crippen LogP contribution < -0.4 is 10.6 Å². The fraction of sp³-hybridized carbons (Fsp3) is 0.562. The molecule has 2 N–H and O–H groups in total. The van der Waals surface area contributed by atoms with Crippen molar-refractivity contribution in [2.45, 2.75) is 39.5 Å². The maximum atomic E-state index is 12.6. The summed E-state index contributed by atoms with van der Waals surface area (Å²) in [5.41, 5.74) is 1.94. The van der Waals surface area contributed by atoms with E-state index in [0.717, 1.165) is 44.5 Å². The molecule has 1 aliphatic rings. The number of nitrogens with one attached hydrogen (secondary N) is 2. The van der Waals surface area contributed by atoms with Gasteiger partial charge in [-0.05, 0) is 51.4 Å². The predicted octanol–water partition coefficient (Wildman–Crippen LogP) is 3.10. The van der Waals surface area contributed by atoms with Gasteiger partial charge in [-0.1, -0.05) is 31.0 Å². The second kappa shape index (κ2) is 6.20. The lowest BCUT2D eigenvalue weighted by molar-refractivity contribution is -0.127. The Morgan fingerprint density at radius 1 is 1.26 bits per heavy atom. The smallest absolute Gasteiger partial charge is 0.230 e. The zero-order valence-corrected chi connectivity index (χ0v) is 12.0. The van der Waals surface area contributed by atoms with Crippen molar-refractivity contribution in [1.29, 1.82) is 0 Å². The van der Waals surface area contributed by atoms with E-state index in [4.69, 9.17) is 0 Å². The molecule has 1 aliphatic heterocycles. The van der Waals surface area contributed by atoms with Gasteiger partial charge in [0.05, 0.1) is 5.41 Å². The molecule has 3 heteroatoms. The first-order valence-electron chi connectivity index (χ1n) is 7.25. The first kappa shape index (κ1) is 14.1. The average molecular weight is 260 g/mol. The Labute approximate surface area is 115 Å². The molecule has 19 heavy (non-hydrogen) atoms. The number of aryl methyl sites for hydroxylation is 1. The van der Waals surface area contributed by atoms with Crippen LogP contribution >= 0.6 is 0 Å². The summed E-state index contributed by atoms with van der Waals surface area (Å²) in [5.74, 6) is 0.194. The molecule has 1 saturated heterocycles. The minimum Gasteiger partial charge on any atom is -0.326 e. The van der Waals surface area contributed by atoms with Crippen molar-refractivity contribution in [3.8, 4) is 0 Å².